The summed E-state index contributed by atoms with van der Waals surface area (Å²) >= 11 is 24.6. The molecule has 0 aromatic heterocycles. The van der Waals surface area contributed by atoms with E-state index in [1.165, 1.54) is 0 Å². The average molecular weight is 428 g/mol. The monoisotopic (exact) mass is 425 g/mol. The van der Waals surface area contributed by atoms with Crippen molar-refractivity contribution >= 4 is 58.8 Å². The Balaban J connectivity index is 0.00000208. The van der Waals surface area contributed by atoms with Crippen molar-refractivity contribution in [3.05, 3.63) is 67.6 Å². The minimum atomic E-state index is -1.32. The molecular formula is C17H16Cl5NO. The maximum absolute atomic E-state index is 11.7. The van der Waals surface area contributed by atoms with Gasteiger partial charge in [-0.3, -0.25) is 0 Å². The molecule has 24 heavy (non-hydrogen) atoms. The number of benzene rings is 2. The van der Waals surface area contributed by atoms with E-state index in [1.807, 2.05) is 0 Å². The Morgan fingerprint density at radius 2 is 1.25 bits per heavy atom. The summed E-state index contributed by atoms with van der Waals surface area (Å²) in [4.78, 5) is 0. The molecule has 1 aliphatic rings. The summed E-state index contributed by atoms with van der Waals surface area (Å²) in [6, 6.07) is 10.0. The van der Waals surface area contributed by atoms with Gasteiger partial charge in [0.2, 0.25) is 0 Å². The van der Waals surface area contributed by atoms with Gasteiger partial charge in [-0.25, -0.2) is 0 Å². The van der Waals surface area contributed by atoms with Gasteiger partial charge in [-0.05, 0) is 66.9 Å². The van der Waals surface area contributed by atoms with Crippen LogP contribution < -0.4 is 5.32 Å². The smallest absolute Gasteiger partial charge is 0.130 e. The second-order valence-electron chi connectivity index (χ2n) is 5.73. The van der Waals surface area contributed by atoms with Crippen molar-refractivity contribution in [3.63, 3.8) is 0 Å². The fourth-order valence-corrected chi connectivity index (χ4v) is 4.21. The van der Waals surface area contributed by atoms with Gasteiger partial charge >= 0.3 is 0 Å². The molecule has 2 aromatic rings. The molecule has 2 N–H and O–H groups in total. The van der Waals surface area contributed by atoms with Crippen LogP contribution in [0.5, 0.6) is 0 Å². The van der Waals surface area contributed by atoms with E-state index in [0.29, 0.717) is 31.2 Å². The standard InChI is InChI=1S/C17H15Cl4NO.ClH/c18-12-4-10(5-13(19)8-12)17(23,16-2-1-3-22-16)11-6-14(20)9-15(21)7-11;/h4-9,16,22-23H,1-3H2;1H/t16-;/m0./s1. The van der Waals surface area contributed by atoms with Crippen LogP contribution in [0.15, 0.2) is 36.4 Å². The van der Waals surface area contributed by atoms with Crippen LogP contribution in [0.3, 0.4) is 0 Å². The Labute approximate surface area is 167 Å². The average Bonchev–Trinajstić information content (AvgIpc) is 2.98. The number of aliphatic hydroxyl groups is 1. The Kier molecular flexibility index (Phi) is 6.72. The predicted molar refractivity (Wildman–Crippen MR) is 104 cm³/mol. The third-order valence-corrected chi connectivity index (χ3v) is 5.04. The number of hydrogen-bond acceptors (Lipinski definition) is 2. The van der Waals surface area contributed by atoms with Crippen LogP contribution in [0, 0.1) is 0 Å². The van der Waals surface area contributed by atoms with Crippen molar-refractivity contribution in [3.8, 4) is 0 Å². The molecule has 7 heteroatoms. The van der Waals surface area contributed by atoms with E-state index in [1.54, 1.807) is 36.4 Å². The minimum Gasteiger partial charge on any atom is -0.379 e. The fraction of sp³-hybridized carbons (Fsp3) is 0.294. The van der Waals surface area contributed by atoms with Crippen molar-refractivity contribution in [2.75, 3.05) is 6.54 Å². The zero-order valence-electron chi connectivity index (χ0n) is 12.5. The zero-order valence-corrected chi connectivity index (χ0v) is 16.4. The number of nitrogens with one attached hydrogen (secondary N) is 1. The molecule has 1 atom stereocenters. The summed E-state index contributed by atoms with van der Waals surface area (Å²) in [6.45, 7) is 0.843. The van der Waals surface area contributed by atoms with Crippen molar-refractivity contribution in [2.24, 2.45) is 0 Å². The third-order valence-electron chi connectivity index (χ3n) is 4.17. The first-order valence-corrected chi connectivity index (χ1v) is 8.79. The van der Waals surface area contributed by atoms with E-state index in [9.17, 15) is 5.11 Å². The molecule has 0 unspecified atom stereocenters. The zero-order chi connectivity index (χ0) is 16.6. The van der Waals surface area contributed by atoms with Crippen LogP contribution in [0.25, 0.3) is 0 Å². The summed E-state index contributed by atoms with van der Waals surface area (Å²) in [7, 11) is 0. The normalized spacial score (nSPS) is 17.6. The molecule has 1 aliphatic heterocycles. The number of halogens is 5. The van der Waals surface area contributed by atoms with Gasteiger partial charge in [0.05, 0.1) is 0 Å². The van der Waals surface area contributed by atoms with Crippen molar-refractivity contribution in [1.82, 2.24) is 5.32 Å². The van der Waals surface area contributed by atoms with Crippen molar-refractivity contribution < 1.29 is 5.11 Å². The molecule has 1 saturated heterocycles. The lowest BCUT2D eigenvalue weighted by Gasteiger charge is -2.36. The lowest BCUT2D eigenvalue weighted by atomic mass is 9.79. The Morgan fingerprint density at radius 3 is 1.58 bits per heavy atom. The highest BCUT2D eigenvalue weighted by Gasteiger charge is 2.42. The van der Waals surface area contributed by atoms with E-state index in [2.05, 4.69) is 5.32 Å². The SMILES string of the molecule is Cl.OC(c1cc(Cl)cc(Cl)c1)(c1cc(Cl)cc(Cl)c1)[C@@H]1CCCN1. The summed E-state index contributed by atoms with van der Waals surface area (Å²) in [5.41, 5.74) is -0.0833. The van der Waals surface area contributed by atoms with Crippen LogP contribution in [0.2, 0.25) is 20.1 Å². The second-order valence-corrected chi connectivity index (χ2v) is 7.48. The summed E-state index contributed by atoms with van der Waals surface area (Å²) in [5.74, 6) is 0. The molecule has 1 fully saturated rings. The predicted octanol–water partition coefficient (Wildman–Crippen LogP) is 5.71. The van der Waals surface area contributed by atoms with Gasteiger partial charge in [-0.1, -0.05) is 46.4 Å². The summed E-state index contributed by atoms with van der Waals surface area (Å²) < 4.78 is 0. The topological polar surface area (TPSA) is 32.3 Å². The lowest BCUT2D eigenvalue weighted by molar-refractivity contribution is 0.0443. The summed E-state index contributed by atoms with van der Waals surface area (Å²) in [6.07, 6.45) is 1.81. The van der Waals surface area contributed by atoms with E-state index in [4.69, 9.17) is 46.4 Å². The quantitative estimate of drug-likeness (QED) is 0.658. The first kappa shape index (κ1) is 20.1. The largest absolute Gasteiger partial charge is 0.379 e. The lowest BCUT2D eigenvalue weighted by Crippen LogP contribution is -2.46. The van der Waals surface area contributed by atoms with Gasteiger partial charge in [-0.2, -0.15) is 0 Å². The van der Waals surface area contributed by atoms with Crippen LogP contribution in [0.1, 0.15) is 24.0 Å². The van der Waals surface area contributed by atoms with Gasteiger partial charge in [-0.15, -0.1) is 12.4 Å². The van der Waals surface area contributed by atoms with E-state index < -0.39 is 5.60 Å². The molecule has 2 aromatic carbocycles. The first-order valence-electron chi connectivity index (χ1n) is 7.28. The molecule has 0 spiro atoms. The minimum absolute atomic E-state index is 0. The molecule has 0 amide bonds. The van der Waals surface area contributed by atoms with Gasteiger partial charge in [0.15, 0.2) is 0 Å². The van der Waals surface area contributed by atoms with Crippen LogP contribution in [0.4, 0.5) is 0 Å². The Bertz CT molecular complexity index is 639. The van der Waals surface area contributed by atoms with Crippen LogP contribution in [-0.4, -0.2) is 17.7 Å². The maximum atomic E-state index is 11.7. The highest BCUT2D eigenvalue weighted by Crippen LogP contribution is 2.40. The van der Waals surface area contributed by atoms with E-state index >= 15 is 0 Å². The van der Waals surface area contributed by atoms with Crippen LogP contribution >= 0.6 is 58.8 Å². The molecule has 130 valence electrons. The van der Waals surface area contributed by atoms with Gasteiger partial charge in [0.25, 0.3) is 0 Å². The molecule has 2 nitrogen and oxygen atoms in total. The molecule has 0 aliphatic carbocycles. The van der Waals surface area contributed by atoms with Gasteiger partial charge in [0, 0.05) is 26.1 Å². The van der Waals surface area contributed by atoms with E-state index in [-0.39, 0.29) is 18.4 Å². The molecular weight excluding hydrogens is 411 g/mol. The molecule has 0 saturated carbocycles. The summed E-state index contributed by atoms with van der Waals surface area (Å²) in [5, 5.41) is 16.9. The fourth-order valence-electron chi connectivity index (χ4n) is 3.16. The van der Waals surface area contributed by atoms with Crippen molar-refractivity contribution in [1.29, 1.82) is 0 Å². The molecule has 0 bridgehead atoms. The van der Waals surface area contributed by atoms with Crippen LogP contribution in [-0.2, 0) is 5.60 Å². The molecule has 3 rings (SSSR count). The third kappa shape index (κ3) is 3.96. The van der Waals surface area contributed by atoms with E-state index in [0.717, 1.165) is 19.4 Å². The Morgan fingerprint density at radius 1 is 0.833 bits per heavy atom. The van der Waals surface area contributed by atoms with Gasteiger partial charge in [0.1, 0.15) is 5.60 Å². The molecule has 0 radical (unpaired) electrons. The first-order chi connectivity index (χ1) is 10.9. The highest BCUT2D eigenvalue weighted by molar-refractivity contribution is 6.35. The number of hydrogen-bond donors (Lipinski definition) is 2. The molecule has 1 heterocycles. The van der Waals surface area contributed by atoms with Crippen molar-refractivity contribution in [2.45, 2.75) is 24.5 Å². The van der Waals surface area contributed by atoms with Gasteiger partial charge < -0.3 is 10.4 Å². The Hall–Kier alpha value is -0.190. The number of rotatable bonds is 3. The second kappa shape index (κ2) is 8.01. The highest BCUT2D eigenvalue weighted by atomic mass is 35.5. The maximum Gasteiger partial charge on any atom is 0.130 e.